The predicted molar refractivity (Wildman–Crippen MR) is 169 cm³/mol. The Labute approximate surface area is 286 Å². The van der Waals surface area contributed by atoms with Crippen molar-refractivity contribution in [3.05, 3.63) is 85.3 Å². The van der Waals surface area contributed by atoms with E-state index in [1.807, 2.05) is 5.32 Å². The molecular weight excluding hydrogens is 754 g/mol. The molecule has 2 atom stereocenters. The van der Waals surface area contributed by atoms with E-state index >= 15 is 4.39 Å². The van der Waals surface area contributed by atoms with Crippen LogP contribution in [-0.2, 0) is 9.59 Å². The highest BCUT2D eigenvalue weighted by Gasteiger charge is 2.67. The number of anilines is 3. The van der Waals surface area contributed by atoms with Gasteiger partial charge in [0.1, 0.15) is 15.8 Å². The fraction of sp³-hybridized carbons (Fsp3) is 0.222. The fourth-order valence-electron chi connectivity index (χ4n) is 4.21. The maximum absolute atomic E-state index is 15.1. The van der Waals surface area contributed by atoms with E-state index in [-0.39, 0.29) is 43.1 Å². The molecule has 45 heavy (non-hydrogen) atoms. The van der Waals surface area contributed by atoms with Gasteiger partial charge in [0, 0.05) is 11.6 Å². The Morgan fingerprint density at radius 1 is 0.867 bits per heavy atom. The maximum Gasteiger partial charge on any atom is 0.397 e. The Hall–Kier alpha value is -2.19. The summed E-state index contributed by atoms with van der Waals surface area (Å²) in [4.78, 5) is 38.1. The van der Waals surface area contributed by atoms with Gasteiger partial charge in [-0.2, -0.15) is 13.2 Å². The second-order valence-corrected chi connectivity index (χ2v) is 13.5. The van der Waals surface area contributed by atoms with Crippen molar-refractivity contribution in [2.75, 3.05) is 27.5 Å². The number of amides is 3. The number of halogens is 11. The van der Waals surface area contributed by atoms with Crippen LogP contribution in [0.3, 0.4) is 0 Å². The molecule has 0 spiro atoms. The molecule has 18 heteroatoms. The van der Waals surface area contributed by atoms with Gasteiger partial charge in [-0.15, -0.1) is 35.0 Å². The van der Waals surface area contributed by atoms with Crippen molar-refractivity contribution >= 4 is 116 Å². The first-order valence-corrected chi connectivity index (χ1v) is 15.7. The van der Waals surface area contributed by atoms with Gasteiger partial charge in [-0.1, -0.05) is 46.4 Å². The molecule has 0 heterocycles. The minimum absolute atomic E-state index is 0.0837. The topological polar surface area (TPSA) is 87.3 Å². The van der Waals surface area contributed by atoms with Crippen LogP contribution >= 0.6 is 81.4 Å². The van der Waals surface area contributed by atoms with Crippen molar-refractivity contribution in [3.63, 3.8) is 0 Å². The summed E-state index contributed by atoms with van der Waals surface area (Å²) in [5, 5.41) is 6.90. The van der Waals surface area contributed by atoms with E-state index in [0.29, 0.717) is 5.56 Å². The lowest BCUT2D eigenvalue weighted by Crippen LogP contribution is -2.20. The van der Waals surface area contributed by atoms with Gasteiger partial charge < -0.3 is 16.0 Å². The van der Waals surface area contributed by atoms with E-state index in [1.54, 1.807) is 0 Å². The number of nitrogens with one attached hydrogen (secondary N) is 3. The zero-order chi connectivity index (χ0) is 33.4. The molecule has 1 aliphatic rings. The van der Waals surface area contributed by atoms with Crippen molar-refractivity contribution in [1.82, 2.24) is 0 Å². The summed E-state index contributed by atoms with van der Waals surface area (Å²) in [6.07, 6.45) is -4.53. The van der Waals surface area contributed by atoms with Crippen molar-refractivity contribution in [1.29, 1.82) is 0 Å². The molecule has 3 amide bonds. The maximum atomic E-state index is 15.1. The van der Waals surface area contributed by atoms with Gasteiger partial charge in [0.2, 0.25) is 11.8 Å². The Morgan fingerprint density at radius 3 is 2.13 bits per heavy atom. The first-order chi connectivity index (χ1) is 20.9. The van der Waals surface area contributed by atoms with Crippen LogP contribution in [0.4, 0.5) is 39.0 Å². The van der Waals surface area contributed by atoms with Crippen LogP contribution in [0.1, 0.15) is 21.8 Å². The van der Waals surface area contributed by atoms with Crippen LogP contribution in [0.2, 0.25) is 20.1 Å². The van der Waals surface area contributed by atoms with Gasteiger partial charge in [0.25, 0.3) is 5.91 Å². The molecular formula is C27H16Cl6F5N3O3S. The molecule has 0 radical (unpaired) electrons. The summed E-state index contributed by atoms with van der Waals surface area (Å²) in [6.45, 7) is 0. The molecule has 0 aliphatic heterocycles. The van der Waals surface area contributed by atoms with E-state index in [1.165, 1.54) is 30.3 Å². The Bertz CT molecular complexity index is 1670. The Balaban J connectivity index is 1.47. The highest BCUT2D eigenvalue weighted by molar-refractivity contribution is 8.00. The van der Waals surface area contributed by atoms with Gasteiger partial charge in [0.05, 0.1) is 48.8 Å². The summed E-state index contributed by atoms with van der Waals surface area (Å²) < 4.78 is 64.7. The third kappa shape index (κ3) is 8.40. The number of carbonyl (C=O) groups is 3. The second kappa shape index (κ2) is 13.9. The van der Waals surface area contributed by atoms with Crippen LogP contribution < -0.4 is 16.0 Å². The molecule has 0 saturated heterocycles. The molecule has 3 N–H and O–H groups in total. The molecule has 6 nitrogen and oxygen atoms in total. The minimum Gasteiger partial charge on any atom is -0.326 e. The fourth-order valence-corrected chi connectivity index (χ4v) is 6.44. The van der Waals surface area contributed by atoms with Crippen LogP contribution in [0, 0.1) is 17.6 Å². The molecule has 1 unspecified atom stereocenters. The van der Waals surface area contributed by atoms with E-state index in [4.69, 9.17) is 69.6 Å². The third-order valence-corrected chi connectivity index (χ3v) is 9.75. The monoisotopic (exact) mass is 767 g/mol. The number of alkyl halides is 5. The van der Waals surface area contributed by atoms with Crippen LogP contribution in [0.25, 0.3) is 0 Å². The van der Waals surface area contributed by atoms with E-state index in [2.05, 4.69) is 10.6 Å². The minimum atomic E-state index is -4.53. The molecule has 1 aliphatic carbocycles. The first-order valence-electron chi connectivity index (χ1n) is 12.3. The van der Waals surface area contributed by atoms with E-state index in [0.717, 1.165) is 12.1 Å². The normalized spacial score (nSPS) is 17.0. The number of benzene rings is 3. The van der Waals surface area contributed by atoms with Gasteiger partial charge in [-0.25, -0.2) is 8.78 Å². The lowest BCUT2D eigenvalue weighted by atomic mass is 10.1. The van der Waals surface area contributed by atoms with Crippen LogP contribution in [0.5, 0.6) is 0 Å². The van der Waals surface area contributed by atoms with Crippen molar-refractivity contribution < 1.29 is 36.3 Å². The Morgan fingerprint density at radius 2 is 1.51 bits per heavy atom. The highest BCUT2D eigenvalue weighted by atomic mass is 35.5. The predicted octanol–water partition coefficient (Wildman–Crippen LogP) is 9.59. The first kappa shape index (κ1) is 35.7. The third-order valence-electron chi connectivity index (χ3n) is 6.28. The number of hydrogen-bond acceptors (Lipinski definition) is 4. The number of hydrogen-bond donors (Lipinski definition) is 3. The largest absolute Gasteiger partial charge is 0.397 e. The van der Waals surface area contributed by atoms with Gasteiger partial charge in [0.15, 0.2) is 5.82 Å². The highest BCUT2D eigenvalue weighted by Crippen LogP contribution is 2.65. The molecule has 4 rings (SSSR count). The molecule has 0 bridgehead atoms. The smallest absolute Gasteiger partial charge is 0.326 e. The summed E-state index contributed by atoms with van der Waals surface area (Å²) in [5.74, 6) is -9.10. The lowest BCUT2D eigenvalue weighted by molar-refractivity contribution is -0.117. The number of rotatable bonds is 9. The summed E-state index contributed by atoms with van der Waals surface area (Å²) in [7, 11) is 0. The molecule has 240 valence electrons. The number of carbonyl (C=O) groups excluding carboxylic acids is 3. The van der Waals surface area contributed by atoms with E-state index in [9.17, 15) is 31.9 Å². The Kier molecular flexibility index (Phi) is 11.0. The summed E-state index contributed by atoms with van der Waals surface area (Å²) in [6, 6.07) is 8.38. The zero-order valence-electron chi connectivity index (χ0n) is 21.9. The average molecular weight is 770 g/mol. The SMILES string of the molecule is O=C(CSCC(F)(F)F)Nc1c(F)ccc(NC(=O)c2cc(NC(=O)C3[C@H](c4cc(Cl)c(Cl)c(Cl)c4)C3(Cl)Cl)ccc2Cl)c1F. The zero-order valence-corrected chi connectivity index (χ0v) is 27.3. The quantitative estimate of drug-likeness (QED) is 0.115. The van der Waals surface area contributed by atoms with Gasteiger partial charge in [-0.05, 0) is 48.0 Å². The molecule has 3 aromatic rings. The van der Waals surface area contributed by atoms with E-state index < -0.39 is 74.6 Å². The second-order valence-electron chi connectivity index (χ2n) is 9.51. The van der Waals surface area contributed by atoms with Gasteiger partial charge in [-0.3, -0.25) is 14.4 Å². The molecule has 0 aromatic heterocycles. The van der Waals surface area contributed by atoms with Crippen molar-refractivity contribution in [2.24, 2.45) is 5.92 Å². The lowest BCUT2D eigenvalue weighted by Gasteiger charge is -2.13. The average Bonchev–Trinajstić information content (AvgIpc) is 3.53. The van der Waals surface area contributed by atoms with Crippen LogP contribution in [-0.4, -0.2) is 39.7 Å². The standard InChI is InChI=1S/C27H16Cl6F5N3O3S/c28-13-2-1-11(39-25(44)20-19(27(20,32)33)10-5-14(29)21(31)15(30)6-10)7-12(13)24(43)40-17-4-3-16(34)23(22(17)35)41-18(42)8-45-9-26(36,37)38/h1-7,19-20H,8-9H2,(H,39,44)(H,40,43)(H,41,42)/t19-,20?/m0/s1. The number of thioether (sulfide) groups is 1. The van der Waals surface area contributed by atoms with Crippen molar-refractivity contribution in [3.8, 4) is 0 Å². The summed E-state index contributed by atoms with van der Waals surface area (Å²) in [5.41, 5.74) is -1.25. The summed E-state index contributed by atoms with van der Waals surface area (Å²) >= 11 is 37.3. The molecule has 1 fully saturated rings. The van der Waals surface area contributed by atoms with Gasteiger partial charge >= 0.3 is 6.18 Å². The van der Waals surface area contributed by atoms with Crippen LogP contribution in [0.15, 0.2) is 42.5 Å². The van der Waals surface area contributed by atoms with Crippen molar-refractivity contribution in [2.45, 2.75) is 16.4 Å². The molecule has 1 saturated carbocycles. The molecule has 3 aromatic carbocycles.